The summed E-state index contributed by atoms with van der Waals surface area (Å²) in [5.74, 6) is 1.57. The third kappa shape index (κ3) is 3.76. The van der Waals surface area contributed by atoms with Crippen LogP contribution in [-0.2, 0) is 16.8 Å². The van der Waals surface area contributed by atoms with Crippen LogP contribution in [0, 0.1) is 0 Å². The molecule has 1 fully saturated rings. The molecule has 0 saturated heterocycles. The first-order valence-electron chi connectivity index (χ1n) is 9.91. The SMILES string of the molecule is O=C(Cc1csc(-c2cccs2)n1)NC1(c2ccc3c(c2)OCCO3)CCCC1. The Morgan fingerprint density at radius 3 is 2.72 bits per heavy atom. The van der Waals surface area contributed by atoms with Crippen LogP contribution in [0.3, 0.4) is 0 Å². The molecular formula is C22H22N2O3S2. The van der Waals surface area contributed by atoms with E-state index in [0.29, 0.717) is 19.6 Å². The van der Waals surface area contributed by atoms with E-state index in [4.69, 9.17) is 9.47 Å². The minimum atomic E-state index is -0.334. The van der Waals surface area contributed by atoms with E-state index in [0.717, 1.165) is 58.3 Å². The Hall–Kier alpha value is -2.38. The van der Waals surface area contributed by atoms with Gasteiger partial charge in [-0.15, -0.1) is 22.7 Å². The van der Waals surface area contributed by atoms with E-state index in [2.05, 4.69) is 22.4 Å². The van der Waals surface area contributed by atoms with Gasteiger partial charge in [-0.1, -0.05) is 25.0 Å². The molecule has 3 aromatic rings. The second kappa shape index (κ2) is 7.80. The summed E-state index contributed by atoms with van der Waals surface area (Å²) >= 11 is 3.26. The molecule has 5 nitrogen and oxygen atoms in total. The quantitative estimate of drug-likeness (QED) is 0.638. The molecule has 1 saturated carbocycles. The molecular weight excluding hydrogens is 404 g/mol. The zero-order valence-electron chi connectivity index (χ0n) is 16.0. The zero-order chi connectivity index (χ0) is 19.7. The molecule has 2 aromatic heterocycles. The van der Waals surface area contributed by atoms with Gasteiger partial charge in [0.05, 0.1) is 22.5 Å². The second-order valence-electron chi connectivity index (χ2n) is 7.49. The highest BCUT2D eigenvalue weighted by Gasteiger charge is 2.38. The van der Waals surface area contributed by atoms with Gasteiger partial charge in [-0.3, -0.25) is 4.79 Å². The maximum atomic E-state index is 12.9. The van der Waals surface area contributed by atoms with E-state index in [9.17, 15) is 4.79 Å². The number of nitrogens with one attached hydrogen (secondary N) is 1. The van der Waals surface area contributed by atoms with Gasteiger partial charge in [0.15, 0.2) is 11.5 Å². The molecule has 5 rings (SSSR count). The van der Waals surface area contributed by atoms with Gasteiger partial charge in [0.2, 0.25) is 5.91 Å². The first kappa shape index (κ1) is 18.6. The largest absolute Gasteiger partial charge is 0.486 e. The first-order chi connectivity index (χ1) is 14.2. The molecule has 0 spiro atoms. The molecule has 0 bridgehead atoms. The lowest BCUT2D eigenvalue weighted by atomic mass is 9.87. The normalized spacial score (nSPS) is 17.2. The molecule has 1 aliphatic heterocycles. The van der Waals surface area contributed by atoms with Gasteiger partial charge in [-0.25, -0.2) is 4.98 Å². The number of hydrogen-bond acceptors (Lipinski definition) is 6. The van der Waals surface area contributed by atoms with Crippen LogP contribution in [0.25, 0.3) is 9.88 Å². The number of hydrogen-bond donors (Lipinski definition) is 1. The maximum absolute atomic E-state index is 12.9. The number of aromatic nitrogens is 1. The molecule has 3 heterocycles. The lowest BCUT2D eigenvalue weighted by Gasteiger charge is -2.32. The number of carbonyl (C=O) groups excluding carboxylic acids is 1. The van der Waals surface area contributed by atoms with Crippen molar-refractivity contribution in [2.75, 3.05) is 13.2 Å². The minimum Gasteiger partial charge on any atom is -0.486 e. The highest BCUT2D eigenvalue weighted by atomic mass is 32.1. The summed E-state index contributed by atoms with van der Waals surface area (Å²) in [6, 6.07) is 10.1. The fraction of sp³-hybridized carbons (Fsp3) is 0.364. The van der Waals surface area contributed by atoms with Crippen molar-refractivity contribution in [3.8, 4) is 21.4 Å². The fourth-order valence-corrected chi connectivity index (χ4v) is 5.82. The minimum absolute atomic E-state index is 0.0184. The second-order valence-corrected chi connectivity index (χ2v) is 9.30. The summed E-state index contributed by atoms with van der Waals surface area (Å²) in [7, 11) is 0. The van der Waals surface area contributed by atoms with Crippen molar-refractivity contribution < 1.29 is 14.3 Å². The monoisotopic (exact) mass is 426 g/mol. The van der Waals surface area contributed by atoms with Gasteiger partial charge in [-0.05, 0) is 42.0 Å². The van der Waals surface area contributed by atoms with Crippen molar-refractivity contribution in [2.45, 2.75) is 37.6 Å². The number of carbonyl (C=O) groups is 1. The van der Waals surface area contributed by atoms with Crippen molar-refractivity contribution in [2.24, 2.45) is 0 Å². The smallest absolute Gasteiger partial charge is 0.226 e. The predicted molar refractivity (Wildman–Crippen MR) is 115 cm³/mol. The first-order valence-corrected chi connectivity index (χ1v) is 11.7. The van der Waals surface area contributed by atoms with Crippen molar-refractivity contribution in [3.63, 3.8) is 0 Å². The van der Waals surface area contributed by atoms with Crippen molar-refractivity contribution >= 4 is 28.6 Å². The van der Waals surface area contributed by atoms with Gasteiger partial charge in [0, 0.05) is 5.38 Å². The van der Waals surface area contributed by atoms with Gasteiger partial charge < -0.3 is 14.8 Å². The van der Waals surface area contributed by atoms with Crippen LogP contribution in [-0.4, -0.2) is 24.1 Å². The van der Waals surface area contributed by atoms with Crippen LogP contribution >= 0.6 is 22.7 Å². The summed E-state index contributed by atoms with van der Waals surface area (Å²) < 4.78 is 11.4. The van der Waals surface area contributed by atoms with Crippen LogP contribution in [0.4, 0.5) is 0 Å². The van der Waals surface area contributed by atoms with Crippen molar-refractivity contribution in [3.05, 3.63) is 52.3 Å². The Morgan fingerprint density at radius 2 is 1.93 bits per heavy atom. The van der Waals surface area contributed by atoms with Crippen LogP contribution in [0.15, 0.2) is 41.1 Å². The number of nitrogens with zero attached hydrogens (tertiary/aromatic N) is 1. The Kier molecular flexibility index (Phi) is 5.01. The molecule has 2 aliphatic rings. The fourth-order valence-electron chi connectivity index (χ4n) is 4.18. The average Bonchev–Trinajstić information content (AvgIpc) is 3.49. The standard InChI is InChI=1S/C22H22N2O3S2/c25-20(13-16-14-29-21(23-16)19-4-3-11-28-19)24-22(7-1-2-8-22)15-5-6-17-18(12-15)27-10-9-26-17/h3-6,11-12,14H,1-2,7-10,13H2,(H,24,25). The summed E-state index contributed by atoms with van der Waals surface area (Å²) in [5.41, 5.74) is 1.59. The molecule has 1 N–H and O–H groups in total. The third-order valence-corrected chi connectivity index (χ3v) is 7.49. The Bertz CT molecular complexity index is 1010. The Balaban J connectivity index is 1.33. The van der Waals surface area contributed by atoms with E-state index >= 15 is 0 Å². The number of amides is 1. The lowest BCUT2D eigenvalue weighted by Crippen LogP contribution is -2.44. The van der Waals surface area contributed by atoms with E-state index in [-0.39, 0.29) is 11.4 Å². The summed E-state index contributed by atoms with van der Waals surface area (Å²) in [6.45, 7) is 1.14. The number of rotatable bonds is 5. The van der Waals surface area contributed by atoms with Crippen LogP contribution in [0.5, 0.6) is 11.5 Å². The van der Waals surface area contributed by atoms with Gasteiger partial charge in [0.25, 0.3) is 0 Å². The number of thiophene rings is 1. The number of thiazole rings is 1. The molecule has 1 aromatic carbocycles. The molecule has 7 heteroatoms. The van der Waals surface area contributed by atoms with Crippen LogP contribution in [0.2, 0.25) is 0 Å². The highest BCUT2D eigenvalue weighted by Crippen LogP contribution is 2.42. The maximum Gasteiger partial charge on any atom is 0.226 e. The molecule has 0 radical (unpaired) electrons. The molecule has 0 unspecified atom stereocenters. The Labute approximate surface area is 177 Å². The van der Waals surface area contributed by atoms with E-state index in [1.807, 2.05) is 29.0 Å². The van der Waals surface area contributed by atoms with Gasteiger partial charge >= 0.3 is 0 Å². The molecule has 1 aliphatic carbocycles. The van der Waals surface area contributed by atoms with E-state index < -0.39 is 0 Å². The predicted octanol–water partition coefficient (Wildman–Crippen LogP) is 4.77. The van der Waals surface area contributed by atoms with Crippen molar-refractivity contribution in [1.82, 2.24) is 10.3 Å². The van der Waals surface area contributed by atoms with Crippen LogP contribution in [0.1, 0.15) is 36.9 Å². The van der Waals surface area contributed by atoms with E-state index in [1.165, 1.54) is 0 Å². The molecule has 150 valence electrons. The topological polar surface area (TPSA) is 60.5 Å². The van der Waals surface area contributed by atoms with Gasteiger partial charge in [0.1, 0.15) is 18.2 Å². The summed E-state index contributed by atoms with van der Waals surface area (Å²) in [4.78, 5) is 18.7. The lowest BCUT2D eigenvalue weighted by molar-refractivity contribution is -0.122. The number of fused-ring (bicyclic) bond motifs is 1. The Morgan fingerprint density at radius 1 is 1.10 bits per heavy atom. The average molecular weight is 427 g/mol. The summed E-state index contributed by atoms with van der Waals surface area (Å²) in [6.07, 6.45) is 4.39. The van der Waals surface area contributed by atoms with Crippen molar-refractivity contribution in [1.29, 1.82) is 0 Å². The molecule has 29 heavy (non-hydrogen) atoms. The van der Waals surface area contributed by atoms with E-state index in [1.54, 1.807) is 22.7 Å². The molecule has 0 atom stereocenters. The third-order valence-electron chi connectivity index (χ3n) is 5.56. The zero-order valence-corrected chi connectivity index (χ0v) is 17.6. The summed E-state index contributed by atoms with van der Waals surface area (Å²) in [5, 5.41) is 8.35. The highest BCUT2D eigenvalue weighted by molar-refractivity contribution is 7.20. The van der Waals surface area contributed by atoms with Crippen LogP contribution < -0.4 is 14.8 Å². The number of ether oxygens (including phenoxy) is 2. The van der Waals surface area contributed by atoms with Gasteiger partial charge in [-0.2, -0.15) is 0 Å². The number of benzene rings is 1. The molecule has 1 amide bonds.